The lowest BCUT2D eigenvalue weighted by Gasteiger charge is -2.34. The Morgan fingerprint density at radius 3 is 1.85 bits per heavy atom. The Labute approximate surface area is 249 Å². The molecule has 4 bridgehead atoms. The molecule has 4 aromatic rings. The van der Waals surface area contributed by atoms with Crippen LogP contribution in [0.1, 0.15) is 107 Å². The molecule has 2 aromatic carbocycles. The van der Waals surface area contributed by atoms with E-state index < -0.39 is 11.8 Å². The number of hydrogen-bond donors (Lipinski definition) is 0. The van der Waals surface area contributed by atoms with Crippen molar-refractivity contribution in [3.05, 3.63) is 106 Å². The molecule has 0 aliphatic heterocycles. The van der Waals surface area contributed by atoms with E-state index in [4.69, 9.17) is 2.74 Å². The maximum atomic E-state index is 8.73. The molecule has 210 valence electrons. The first-order valence-corrected chi connectivity index (χ1v) is 15.5. The standard InChI is InChI=1S/C21H26N.C18H20N/c1-14-8-6-7-9-15(14)19-12-16-17-10-11-21(4,20(17,2)3)18(16)13-22(19)5;1-12-5-3-4-6-15(12)18-10-16-13-7-8-14(9-13)17(16)11-19(18)2/h6-9,12-13,17H,10-11H2,1-5H3;3-6,10-11,13-14H,7-9H2,1-2H3/q2*+1/i;13D,14D. The van der Waals surface area contributed by atoms with Gasteiger partial charge in [-0.3, -0.25) is 0 Å². The van der Waals surface area contributed by atoms with Crippen LogP contribution in [0.5, 0.6) is 0 Å². The average molecular weight is 545 g/mol. The van der Waals surface area contributed by atoms with Crippen LogP contribution >= 0.6 is 0 Å². The molecule has 0 saturated heterocycles. The number of hydrogen-bond acceptors (Lipinski definition) is 0. The summed E-state index contributed by atoms with van der Waals surface area (Å²) in [6, 6.07) is 21.7. The third-order valence-electron chi connectivity index (χ3n) is 11.5. The van der Waals surface area contributed by atoms with E-state index in [1.165, 1.54) is 40.8 Å². The predicted molar refractivity (Wildman–Crippen MR) is 168 cm³/mol. The molecule has 4 aliphatic carbocycles. The van der Waals surface area contributed by atoms with Crippen molar-refractivity contribution in [2.75, 3.05) is 0 Å². The fraction of sp³-hybridized carbons (Fsp3) is 0.436. The lowest BCUT2D eigenvalue weighted by molar-refractivity contribution is -0.661. The highest BCUT2D eigenvalue weighted by atomic mass is 14.9. The van der Waals surface area contributed by atoms with Gasteiger partial charge in [-0.15, -0.1) is 0 Å². The summed E-state index contributed by atoms with van der Waals surface area (Å²) in [5.41, 5.74) is 13.8. The van der Waals surface area contributed by atoms with E-state index in [9.17, 15) is 0 Å². The summed E-state index contributed by atoms with van der Waals surface area (Å²) in [5, 5.41) is 0. The summed E-state index contributed by atoms with van der Waals surface area (Å²) in [6.45, 7) is 11.7. The molecule has 2 saturated carbocycles. The zero-order chi connectivity index (χ0) is 30.5. The van der Waals surface area contributed by atoms with Gasteiger partial charge in [0.1, 0.15) is 14.1 Å². The SMILES string of the molecule is Cc1ccccc1-c1cc2c(c[n+]1C)C1(C)CCC2C1(C)C.[2H]C12CCC([2H])(C1)c1c[n+](C)c(-c3ccccc3C)cc12. The molecule has 2 aromatic heterocycles. The topological polar surface area (TPSA) is 7.76 Å². The van der Waals surface area contributed by atoms with E-state index in [2.05, 4.69) is 124 Å². The highest BCUT2D eigenvalue weighted by Gasteiger charge is 2.60. The van der Waals surface area contributed by atoms with Crippen molar-refractivity contribution in [2.24, 2.45) is 19.5 Å². The van der Waals surface area contributed by atoms with Crippen LogP contribution in [0.4, 0.5) is 0 Å². The highest BCUT2D eigenvalue weighted by Crippen LogP contribution is 2.67. The summed E-state index contributed by atoms with van der Waals surface area (Å²) in [4.78, 5) is 0. The first-order valence-electron chi connectivity index (χ1n) is 16.5. The zero-order valence-electron chi connectivity index (χ0n) is 27.9. The van der Waals surface area contributed by atoms with Gasteiger partial charge in [0.15, 0.2) is 12.4 Å². The van der Waals surface area contributed by atoms with E-state index in [0.717, 1.165) is 35.6 Å². The van der Waals surface area contributed by atoms with Gasteiger partial charge in [0.25, 0.3) is 0 Å². The molecule has 4 aliphatic rings. The quantitative estimate of drug-likeness (QED) is 0.224. The third kappa shape index (κ3) is 3.89. The molecule has 2 fully saturated rings. The molecule has 2 heteroatoms. The van der Waals surface area contributed by atoms with Gasteiger partial charge < -0.3 is 0 Å². The van der Waals surface area contributed by atoms with Crippen LogP contribution in [-0.4, -0.2) is 0 Å². The summed E-state index contributed by atoms with van der Waals surface area (Å²) in [6.07, 6.45) is 9.50. The molecule has 8 rings (SSSR count). The van der Waals surface area contributed by atoms with Crippen molar-refractivity contribution in [1.29, 1.82) is 0 Å². The number of pyridine rings is 2. The van der Waals surface area contributed by atoms with Crippen LogP contribution in [0.2, 0.25) is 0 Å². The van der Waals surface area contributed by atoms with Crippen LogP contribution in [0, 0.1) is 19.3 Å². The Kier molecular flexibility index (Phi) is 5.57. The number of rotatable bonds is 2. The Morgan fingerprint density at radius 2 is 1.24 bits per heavy atom. The molecular weight excluding hydrogens is 496 g/mol. The average Bonchev–Trinajstić information content (AvgIpc) is 3.54. The smallest absolute Gasteiger partial charge is 0.201 e. The molecular formula is C39H46N2+2. The summed E-state index contributed by atoms with van der Waals surface area (Å²) in [7, 11) is 4.25. The van der Waals surface area contributed by atoms with Crippen LogP contribution in [0.3, 0.4) is 0 Å². The molecule has 2 nitrogen and oxygen atoms in total. The van der Waals surface area contributed by atoms with Gasteiger partial charge >= 0.3 is 0 Å². The highest BCUT2D eigenvalue weighted by molar-refractivity contribution is 5.64. The minimum Gasteiger partial charge on any atom is -0.201 e. The van der Waals surface area contributed by atoms with E-state index in [1.54, 1.807) is 11.1 Å². The zero-order valence-corrected chi connectivity index (χ0v) is 25.9. The van der Waals surface area contributed by atoms with Crippen molar-refractivity contribution in [3.63, 3.8) is 0 Å². The monoisotopic (exact) mass is 544 g/mol. The number of nitrogens with zero attached hydrogens (tertiary/aromatic N) is 2. The molecule has 0 spiro atoms. The lowest BCUT2D eigenvalue weighted by Crippen LogP contribution is -2.36. The first kappa shape index (κ1) is 24.3. The molecule has 2 heterocycles. The van der Waals surface area contributed by atoms with Crippen LogP contribution in [0.25, 0.3) is 22.5 Å². The Hall–Kier alpha value is -3.26. The van der Waals surface area contributed by atoms with E-state index >= 15 is 0 Å². The number of aromatic nitrogens is 2. The van der Waals surface area contributed by atoms with Crippen molar-refractivity contribution < 1.29 is 11.9 Å². The Morgan fingerprint density at radius 1 is 0.707 bits per heavy atom. The van der Waals surface area contributed by atoms with Gasteiger partial charge in [0, 0.05) is 42.5 Å². The largest absolute Gasteiger partial charge is 0.212 e. The van der Waals surface area contributed by atoms with Gasteiger partial charge in [-0.05, 0) is 103 Å². The molecule has 0 N–H and O–H groups in total. The second-order valence-corrected chi connectivity index (χ2v) is 13.9. The van der Waals surface area contributed by atoms with Gasteiger partial charge in [-0.1, -0.05) is 57.2 Å². The fourth-order valence-corrected chi connectivity index (χ4v) is 8.62. The van der Waals surface area contributed by atoms with Crippen molar-refractivity contribution >= 4 is 0 Å². The number of benzene rings is 2. The lowest BCUT2D eigenvalue weighted by atomic mass is 9.69. The first-order chi connectivity index (χ1) is 20.3. The third-order valence-corrected chi connectivity index (χ3v) is 11.5. The number of aryl methyl sites for hydroxylation is 4. The van der Waals surface area contributed by atoms with Gasteiger partial charge in [-0.25, -0.2) is 9.13 Å². The predicted octanol–water partition coefficient (Wildman–Crippen LogP) is 8.51. The normalized spacial score (nSPS) is 30.3. The fourth-order valence-electron chi connectivity index (χ4n) is 8.62. The van der Waals surface area contributed by atoms with Crippen LogP contribution in [0.15, 0.2) is 73.1 Å². The van der Waals surface area contributed by atoms with Gasteiger partial charge in [0.2, 0.25) is 11.4 Å². The van der Waals surface area contributed by atoms with Crippen LogP contribution in [-0.2, 0) is 19.5 Å². The van der Waals surface area contributed by atoms with E-state index in [1.807, 2.05) is 7.05 Å². The minimum absolute atomic E-state index is 0.342. The maximum absolute atomic E-state index is 8.73. The molecule has 0 radical (unpaired) electrons. The minimum atomic E-state index is -0.539. The number of fused-ring (bicyclic) bond motifs is 10. The molecule has 0 amide bonds. The molecule has 41 heavy (non-hydrogen) atoms. The summed E-state index contributed by atoms with van der Waals surface area (Å²) in [5.74, 6) is -0.349. The van der Waals surface area contributed by atoms with E-state index in [-0.39, 0.29) is 0 Å². The summed E-state index contributed by atoms with van der Waals surface area (Å²) < 4.78 is 21.9. The Bertz CT molecular complexity index is 1790. The maximum Gasteiger partial charge on any atom is 0.212 e. The second kappa shape index (κ2) is 9.38. The summed E-state index contributed by atoms with van der Waals surface area (Å²) >= 11 is 0. The van der Waals surface area contributed by atoms with Crippen molar-refractivity contribution in [1.82, 2.24) is 0 Å². The van der Waals surface area contributed by atoms with Crippen LogP contribution < -0.4 is 9.13 Å². The van der Waals surface area contributed by atoms with E-state index in [0.29, 0.717) is 17.3 Å². The van der Waals surface area contributed by atoms with Gasteiger partial charge in [-0.2, -0.15) is 0 Å². The Balaban J connectivity index is 0.000000140. The second-order valence-electron chi connectivity index (χ2n) is 13.9. The van der Waals surface area contributed by atoms with Gasteiger partial charge in [0.05, 0.1) is 0 Å². The molecule has 4 atom stereocenters. The molecule has 4 unspecified atom stereocenters. The van der Waals surface area contributed by atoms with Crippen molar-refractivity contribution in [3.8, 4) is 22.5 Å². The van der Waals surface area contributed by atoms with Crippen molar-refractivity contribution in [2.45, 2.75) is 89.8 Å².